The van der Waals surface area contributed by atoms with E-state index in [2.05, 4.69) is 16.3 Å². The molecule has 1 amide bonds. The standard InChI is InChI=1S/C17H22N2O2/c20-17-14(18-12-7-8-12)5-3-10-19(17)15-9-11-21-16-6-2-1-4-13(15)16/h1-2,4,6,12,14-15,18H,3,5,7-11H2. The summed E-state index contributed by atoms with van der Waals surface area (Å²) >= 11 is 0. The lowest BCUT2D eigenvalue weighted by atomic mass is 9.95. The highest BCUT2D eigenvalue weighted by Gasteiger charge is 2.38. The third kappa shape index (κ3) is 2.53. The van der Waals surface area contributed by atoms with Crippen LogP contribution >= 0.6 is 0 Å². The molecule has 1 saturated heterocycles. The Balaban J connectivity index is 1.56. The van der Waals surface area contributed by atoms with Crippen LogP contribution in [0.1, 0.15) is 43.7 Å². The predicted molar refractivity (Wildman–Crippen MR) is 80.2 cm³/mol. The van der Waals surface area contributed by atoms with Gasteiger partial charge in [-0.05, 0) is 31.7 Å². The highest BCUT2D eigenvalue weighted by atomic mass is 16.5. The van der Waals surface area contributed by atoms with Crippen LogP contribution < -0.4 is 10.1 Å². The maximum Gasteiger partial charge on any atom is 0.240 e. The smallest absolute Gasteiger partial charge is 0.240 e. The number of para-hydroxylation sites is 1. The second kappa shape index (κ2) is 5.34. The van der Waals surface area contributed by atoms with E-state index in [9.17, 15) is 4.79 Å². The minimum absolute atomic E-state index is 0.0289. The number of carbonyl (C=O) groups is 1. The second-order valence-electron chi connectivity index (χ2n) is 6.36. The molecule has 1 aliphatic carbocycles. The van der Waals surface area contributed by atoms with E-state index in [1.807, 2.05) is 18.2 Å². The first-order chi connectivity index (χ1) is 10.3. The van der Waals surface area contributed by atoms with Crippen LogP contribution in [0.5, 0.6) is 5.75 Å². The van der Waals surface area contributed by atoms with E-state index in [0.717, 1.165) is 31.6 Å². The summed E-state index contributed by atoms with van der Waals surface area (Å²) in [4.78, 5) is 14.9. The van der Waals surface area contributed by atoms with Gasteiger partial charge in [0.2, 0.25) is 5.91 Å². The summed E-state index contributed by atoms with van der Waals surface area (Å²) in [6.45, 7) is 1.58. The first-order valence-corrected chi connectivity index (χ1v) is 8.11. The zero-order valence-corrected chi connectivity index (χ0v) is 12.3. The minimum Gasteiger partial charge on any atom is -0.493 e. The van der Waals surface area contributed by atoms with Gasteiger partial charge in [0.25, 0.3) is 0 Å². The van der Waals surface area contributed by atoms with Gasteiger partial charge in [-0.15, -0.1) is 0 Å². The number of likely N-dealkylation sites (tertiary alicyclic amines) is 1. The van der Waals surface area contributed by atoms with Crippen LogP contribution in [0.25, 0.3) is 0 Å². The molecule has 1 N–H and O–H groups in total. The molecule has 2 fully saturated rings. The van der Waals surface area contributed by atoms with Gasteiger partial charge in [-0.2, -0.15) is 0 Å². The largest absolute Gasteiger partial charge is 0.493 e. The Bertz CT molecular complexity index is 541. The number of hydrogen-bond donors (Lipinski definition) is 1. The topological polar surface area (TPSA) is 41.6 Å². The number of nitrogens with one attached hydrogen (secondary N) is 1. The van der Waals surface area contributed by atoms with E-state index in [1.54, 1.807) is 0 Å². The zero-order chi connectivity index (χ0) is 14.2. The normalized spacial score (nSPS) is 29.0. The summed E-state index contributed by atoms with van der Waals surface area (Å²) in [6.07, 6.45) is 5.43. The number of rotatable bonds is 3. The summed E-state index contributed by atoms with van der Waals surface area (Å²) in [6, 6.07) is 8.94. The SMILES string of the molecule is O=C1C(NC2CC2)CCCN1C1CCOc2ccccc21. The van der Waals surface area contributed by atoms with Gasteiger partial charge < -0.3 is 15.0 Å². The van der Waals surface area contributed by atoms with Crippen LogP contribution in [-0.2, 0) is 4.79 Å². The molecule has 1 aromatic carbocycles. The van der Waals surface area contributed by atoms with Crippen molar-refractivity contribution >= 4 is 5.91 Å². The number of piperidine rings is 1. The van der Waals surface area contributed by atoms with Crippen molar-refractivity contribution in [2.45, 2.75) is 50.2 Å². The lowest BCUT2D eigenvalue weighted by Crippen LogP contribution is -2.52. The molecule has 112 valence electrons. The fourth-order valence-electron chi connectivity index (χ4n) is 3.55. The summed E-state index contributed by atoms with van der Waals surface area (Å²) in [7, 11) is 0. The van der Waals surface area contributed by atoms with Gasteiger partial charge in [0.1, 0.15) is 5.75 Å². The molecule has 0 bridgehead atoms. The first kappa shape index (κ1) is 13.1. The van der Waals surface area contributed by atoms with Crippen LogP contribution in [0.15, 0.2) is 24.3 Å². The molecule has 2 atom stereocenters. The van der Waals surface area contributed by atoms with Crippen molar-refractivity contribution in [3.63, 3.8) is 0 Å². The van der Waals surface area contributed by atoms with Crippen molar-refractivity contribution in [3.8, 4) is 5.75 Å². The fraction of sp³-hybridized carbons (Fsp3) is 0.588. The maximum atomic E-state index is 12.8. The first-order valence-electron chi connectivity index (χ1n) is 8.11. The molecule has 0 radical (unpaired) electrons. The molecule has 2 aliphatic heterocycles. The quantitative estimate of drug-likeness (QED) is 0.926. The molecule has 2 unspecified atom stereocenters. The van der Waals surface area contributed by atoms with Crippen molar-refractivity contribution in [2.24, 2.45) is 0 Å². The van der Waals surface area contributed by atoms with Crippen LogP contribution in [0.4, 0.5) is 0 Å². The molecular weight excluding hydrogens is 264 g/mol. The molecule has 0 aromatic heterocycles. The van der Waals surface area contributed by atoms with Crippen LogP contribution in [-0.4, -0.2) is 36.0 Å². The van der Waals surface area contributed by atoms with Gasteiger partial charge in [-0.1, -0.05) is 18.2 Å². The average molecular weight is 286 g/mol. The molecule has 0 spiro atoms. The molecular formula is C17H22N2O2. The number of hydrogen-bond acceptors (Lipinski definition) is 3. The second-order valence-corrected chi connectivity index (χ2v) is 6.36. The van der Waals surface area contributed by atoms with E-state index in [-0.39, 0.29) is 18.0 Å². The summed E-state index contributed by atoms with van der Waals surface area (Å²) in [5.41, 5.74) is 1.17. The number of benzene rings is 1. The third-order valence-corrected chi connectivity index (χ3v) is 4.79. The lowest BCUT2D eigenvalue weighted by Gasteiger charge is -2.40. The minimum atomic E-state index is 0.0289. The van der Waals surface area contributed by atoms with Gasteiger partial charge in [-0.25, -0.2) is 0 Å². The molecule has 21 heavy (non-hydrogen) atoms. The van der Waals surface area contributed by atoms with Crippen LogP contribution in [0, 0.1) is 0 Å². The third-order valence-electron chi connectivity index (χ3n) is 4.79. The van der Waals surface area contributed by atoms with Crippen molar-refractivity contribution in [1.82, 2.24) is 10.2 Å². The number of ether oxygens (including phenoxy) is 1. The Labute approximate surface area is 125 Å². The zero-order valence-electron chi connectivity index (χ0n) is 12.3. The Kier molecular flexibility index (Phi) is 3.34. The molecule has 4 nitrogen and oxygen atoms in total. The predicted octanol–water partition coefficient (Wildman–Crippen LogP) is 2.25. The maximum absolute atomic E-state index is 12.8. The Morgan fingerprint density at radius 3 is 2.86 bits per heavy atom. The van der Waals surface area contributed by atoms with Gasteiger partial charge in [0.05, 0.1) is 18.7 Å². The van der Waals surface area contributed by atoms with E-state index < -0.39 is 0 Å². The number of fused-ring (bicyclic) bond motifs is 1. The number of nitrogens with zero attached hydrogens (tertiary/aromatic N) is 1. The summed E-state index contributed by atoms with van der Waals surface area (Å²) < 4.78 is 5.73. The molecule has 4 heteroatoms. The Morgan fingerprint density at radius 1 is 1.14 bits per heavy atom. The average Bonchev–Trinajstić information content (AvgIpc) is 3.33. The Morgan fingerprint density at radius 2 is 2.00 bits per heavy atom. The van der Waals surface area contributed by atoms with E-state index in [4.69, 9.17) is 4.74 Å². The van der Waals surface area contributed by atoms with Gasteiger partial charge in [0.15, 0.2) is 0 Å². The monoisotopic (exact) mass is 286 g/mol. The summed E-state index contributed by atoms with van der Waals surface area (Å²) in [5, 5.41) is 3.51. The van der Waals surface area contributed by atoms with Crippen molar-refractivity contribution in [3.05, 3.63) is 29.8 Å². The molecule has 4 rings (SSSR count). The highest BCUT2D eigenvalue weighted by molar-refractivity contribution is 5.83. The molecule has 1 saturated carbocycles. The van der Waals surface area contributed by atoms with Crippen molar-refractivity contribution in [1.29, 1.82) is 0 Å². The molecule has 2 heterocycles. The highest BCUT2D eigenvalue weighted by Crippen LogP contribution is 2.37. The van der Waals surface area contributed by atoms with Gasteiger partial charge >= 0.3 is 0 Å². The molecule has 3 aliphatic rings. The van der Waals surface area contributed by atoms with E-state index in [1.165, 1.54) is 18.4 Å². The van der Waals surface area contributed by atoms with Gasteiger partial charge in [0, 0.05) is 24.6 Å². The van der Waals surface area contributed by atoms with Crippen molar-refractivity contribution in [2.75, 3.05) is 13.2 Å². The Hall–Kier alpha value is -1.55. The van der Waals surface area contributed by atoms with Crippen LogP contribution in [0.2, 0.25) is 0 Å². The summed E-state index contributed by atoms with van der Waals surface area (Å²) in [5.74, 6) is 1.23. The van der Waals surface area contributed by atoms with Crippen molar-refractivity contribution < 1.29 is 9.53 Å². The van der Waals surface area contributed by atoms with Gasteiger partial charge in [-0.3, -0.25) is 4.79 Å². The number of carbonyl (C=O) groups excluding carboxylic acids is 1. The van der Waals surface area contributed by atoms with E-state index in [0.29, 0.717) is 12.6 Å². The molecule has 1 aromatic rings. The fourth-order valence-corrected chi connectivity index (χ4v) is 3.55. The van der Waals surface area contributed by atoms with E-state index >= 15 is 0 Å². The lowest BCUT2D eigenvalue weighted by molar-refractivity contribution is -0.139. The number of amides is 1. The van der Waals surface area contributed by atoms with Crippen LogP contribution in [0.3, 0.4) is 0 Å².